The van der Waals surface area contributed by atoms with Crippen LogP contribution in [-0.2, 0) is 6.42 Å². The highest BCUT2D eigenvalue weighted by Gasteiger charge is 2.27. The lowest BCUT2D eigenvalue weighted by atomic mass is 9.99. The molecule has 1 heterocycles. The van der Waals surface area contributed by atoms with Crippen molar-refractivity contribution in [3.63, 3.8) is 0 Å². The first-order chi connectivity index (χ1) is 9.11. The molecule has 1 aromatic carbocycles. The van der Waals surface area contributed by atoms with Gasteiger partial charge in [0.05, 0.1) is 0 Å². The monoisotopic (exact) mass is 346 g/mol. The molecule has 1 aliphatic heterocycles. The molecule has 0 bridgehead atoms. The molecule has 106 valence electrons. The van der Waals surface area contributed by atoms with Crippen molar-refractivity contribution in [1.82, 2.24) is 10.2 Å². The molecular weight excluding hydrogens is 327 g/mol. The van der Waals surface area contributed by atoms with Crippen LogP contribution >= 0.6 is 27.7 Å². The molecule has 0 saturated carbocycles. The third-order valence-electron chi connectivity index (χ3n) is 3.73. The molecule has 1 aromatic rings. The van der Waals surface area contributed by atoms with E-state index in [1.165, 1.54) is 11.8 Å². The Kier molecular flexibility index (Phi) is 5.69. The number of rotatable bonds is 4. The Morgan fingerprint density at radius 2 is 2.37 bits per heavy atom. The smallest absolute Gasteiger partial charge is 0.123 e. The van der Waals surface area contributed by atoms with Crippen molar-refractivity contribution in [1.29, 1.82) is 0 Å². The van der Waals surface area contributed by atoms with Gasteiger partial charge in [0.25, 0.3) is 0 Å². The molecular formula is C14H20BrFN2S. The van der Waals surface area contributed by atoms with Gasteiger partial charge in [-0.2, -0.15) is 11.8 Å². The summed E-state index contributed by atoms with van der Waals surface area (Å²) in [5.74, 6) is 2.17. The molecule has 1 fully saturated rings. The molecule has 1 aliphatic rings. The van der Waals surface area contributed by atoms with Crippen LogP contribution in [0.5, 0.6) is 0 Å². The van der Waals surface area contributed by atoms with Crippen LogP contribution in [0.1, 0.15) is 5.56 Å². The molecule has 1 N–H and O–H groups in total. The number of nitrogens with one attached hydrogen (secondary N) is 1. The zero-order valence-corrected chi connectivity index (χ0v) is 13.7. The van der Waals surface area contributed by atoms with Gasteiger partial charge < -0.3 is 10.2 Å². The molecule has 2 nitrogen and oxygen atoms in total. The van der Waals surface area contributed by atoms with Gasteiger partial charge in [-0.25, -0.2) is 4.39 Å². The number of nitrogens with zero attached hydrogens (tertiary/aromatic N) is 1. The SMILES string of the molecule is CNC(Cc1cc(F)ccc1Br)C1CSCCN1C. The molecule has 5 heteroatoms. The second-order valence-corrected chi connectivity index (χ2v) is 6.96. The minimum absolute atomic E-state index is 0.167. The Morgan fingerprint density at radius 1 is 1.58 bits per heavy atom. The second kappa shape index (κ2) is 7.07. The largest absolute Gasteiger partial charge is 0.315 e. The van der Waals surface area contributed by atoms with E-state index >= 15 is 0 Å². The predicted octanol–water partition coefficient (Wildman–Crippen LogP) is 2.77. The maximum atomic E-state index is 13.4. The van der Waals surface area contributed by atoms with Gasteiger partial charge in [0, 0.05) is 34.6 Å². The van der Waals surface area contributed by atoms with Crippen LogP contribution < -0.4 is 5.32 Å². The Hall–Kier alpha value is -0.100. The molecule has 1 saturated heterocycles. The van der Waals surface area contributed by atoms with Gasteiger partial charge in [0.15, 0.2) is 0 Å². The quantitative estimate of drug-likeness (QED) is 0.902. The molecule has 2 rings (SSSR count). The highest BCUT2D eigenvalue weighted by Crippen LogP contribution is 2.23. The Bertz CT molecular complexity index is 430. The lowest BCUT2D eigenvalue weighted by Gasteiger charge is -2.37. The van der Waals surface area contributed by atoms with E-state index in [4.69, 9.17) is 0 Å². The average Bonchev–Trinajstić information content (AvgIpc) is 2.41. The van der Waals surface area contributed by atoms with Crippen LogP contribution in [0.15, 0.2) is 22.7 Å². The highest BCUT2D eigenvalue weighted by atomic mass is 79.9. The lowest BCUT2D eigenvalue weighted by Crippen LogP contribution is -2.52. The van der Waals surface area contributed by atoms with E-state index in [0.717, 1.165) is 28.8 Å². The molecule has 2 unspecified atom stereocenters. The molecule has 19 heavy (non-hydrogen) atoms. The third-order valence-corrected chi connectivity index (χ3v) is 5.55. The number of hydrogen-bond donors (Lipinski definition) is 1. The standard InChI is InChI=1S/C14H20BrFN2S/c1-17-13(14-9-19-6-5-18(14)2)8-10-7-11(16)3-4-12(10)15/h3-4,7,13-14,17H,5-6,8-9H2,1-2H3. The van der Waals surface area contributed by atoms with Gasteiger partial charge in [-0.1, -0.05) is 15.9 Å². The fourth-order valence-electron chi connectivity index (χ4n) is 2.50. The van der Waals surface area contributed by atoms with E-state index in [9.17, 15) is 4.39 Å². The van der Waals surface area contributed by atoms with Crippen LogP contribution in [0.2, 0.25) is 0 Å². The number of likely N-dealkylation sites (N-methyl/N-ethyl adjacent to an activating group) is 2. The number of benzene rings is 1. The summed E-state index contributed by atoms with van der Waals surface area (Å²) in [6, 6.07) is 5.75. The first kappa shape index (κ1) is 15.3. The normalized spacial score (nSPS) is 22.4. The van der Waals surface area contributed by atoms with Gasteiger partial charge in [-0.3, -0.25) is 0 Å². The first-order valence-electron chi connectivity index (χ1n) is 6.51. The number of thioether (sulfide) groups is 1. The van der Waals surface area contributed by atoms with Crippen molar-refractivity contribution < 1.29 is 4.39 Å². The Balaban J connectivity index is 2.11. The topological polar surface area (TPSA) is 15.3 Å². The summed E-state index contributed by atoms with van der Waals surface area (Å²) >= 11 is 5.51. The summed E-state index contributed by atoms with van der Waals surface area (Å²) in [7, 11) is 4.17. The van der Waals surface area contributed by atoms with Crippen molar-refractivity contribution in [3.8, 4) is 0 Å². The minimum atomic E-state index is -0.167. The van der Waals surface area contributed by atoms with E-state index in [2.05, 4.69) is 33.2 Å². The van der Waals surface area contributed by atoms with E-state index in [1.807, 2.05) is 18.8 Å². The lowest BCUT2D eigenvalue weighted by molar-refractivity contribution is 0.219. The molecule has 0 spiro atoms. The van der Waals surface area contributed by atoms with Gasteiger partial charge in [-0.05, 0) is 44.3 Å². The maximum Gasteiger partial charge on any atom is 0.123 e. The summed E-state index contributed by atoms with van der Waals surface area (Å²) in [4.78, 5) is 2.41. The molecule has 0 radical (unpaired) electrons. The van der Waals surface area contributed by atoms with Crippen molar-refractivity contribution in [2.75, 3.05) is 32.1 Å². The van der Waals surface area contributed by atoms with Crippen LogP contribution in [0.4, 0.5) is 4.39 Å². The number of hydrogen-bond acceptors (Lipinski definition) is 3. The van der Waals surface area contributed by atoms with E-state index in [-0.39, 0.29) is 5.82 Å². The Morgan fingerprint density at radius 3 is 3.05 bits per heavy atom. The second-order valence-electron chi connectivity index (χ2n) is 4.96. The zero-order chi connectivity index (χ0) is 13.8. The van der Waals surface area contributed by atoms with Gasteiger partial charge in [-0.15, -0.1) is 0 Å². The van der Waals surface area contributed by atoms with Crippen LogP contribution in [0.25, 0.3) is 0 Å². The van der Waals surface area contributed by atoms with Gasteiger partial charge in [0.2, 0.25) is 0 Å². The average molecular weight is 347 g/mol. The third kappa shape index (κ3) is 3.94. The van der Waals surface area contributed by atoms with Crippen molar-refractivity contribution in [3.05, 3.63) is 34.1 Å². The van der Waals surface area contributed by atoms with Crippen LogP contribution in [-0.4, -0.2) is 49.1 Å². The maximum absolute atomic E-state index is 13.4. The number of halogens is 2. The first-order valence-corrected chi connectivity index (χ1v) is 8.45. The minimum Gasteiger partial charge on any atom is -0.315 e. The summed E-state index contributed by atoms with van der Waals surface area (Å²) in [6.07, 6.45) is 0.838. The van der Waals surface area contributed by atoms with E-state index in [0.29, 0.717) is 12.1 Å². The van der Waals surface area contributed by atoms with E-state index < -0.39 is 0 Å². The summed E-state index contributed by atoms with van der Waals surface area (Å²) < 4.78 is 14.4. The van der Waals surface area contributed by atoms with Crippen molar-refractivity contribution >= 4 is 27.7 Å². The molecule has 0 amide bonds. The van der Waals surface area contributed by atoms with Crippen LogP contribution in [0.3, 0.4) is 0 Å². The fourth-order valence-corrected chi connectivity index (χ4v) is 4.22. The summed E-state index contributed by atoms with van der Waals surface area (Å²) in [5.41, 5.74) is 1.03. The zero-order valence-electron chi connectivity index (χ0n) is 11.3. The van der Waals surface area contributed by atoms with Crippen molar-refractivity contribution in [2.45, 2.75) is 18.5 Å². The highest BCUT2D eigenvalue weighted by molar-refractivity contribution is 9.10. The molecule has 0 aliphatic carbocycles. The fraction of sp³-hybridized carbons (Fsp3) is 0.571. The molecule has 0 aromatic heterocycles. The Labute approximate surface area is 127 Å². The van der Waals surface area contributed by atoms with E-state index in [1.54, 1.807) is 12.1 Å². The van der Waals surface area contributed by atoms with Crippen LogP contribution in [0, 0.1) is 5.82 Å². The summed E-state index contributed by atoms with van der Waals surface area (Å²) in [6.45, 7) is 1.12. The predicted molar refractivity (Wildman–Crippen MR) is 84.4 cm³/mol. The van der Waals surface area contributed by atoms with Gasteiger partial charge in [0.1, 0.15) is 5.82 Å². The van der Waals surface area contributed by atoms with Gasteiger partial charge >= 0.3 is 0 Å². The summed E-state index contributed by atoms with van der Waals surface area (Å²) in [5, 5.41) is 3.40. The van der Waals surface area contributed by atoms with Crippen molar-refractivity contribution in [2.24, 2.45) is 0 Å². The molecule has 2 atom stereocenters.